The van der Waals surface area contributed by atoms with Crippen molar-refractivity contribution in [2.24, 2.45) is 11.3 Å². The number of esters is 1. The zero-order valence-corrected chi connectivity index (χ0v) is 16.9. The molecule has 0 bridgehead atoms. The van der Waals surface area contributed by atoms with Gasteiger partial charge in [-0.1, -0.05) is 20.8 Å². The molecule has 7 nitrogen and oxygen atoms in total. The van der Waals surface area contributed by atoms with Crippen LogP contribution in [-0.2, 0) is 19.1 Å². The van der Waals surface area contributed by atoms with Crippen molar-refractivity contribution in [1.82, 2.24) is 4.90 Å². The number of nitriles is 1. The minimum Gasteiger partial charge on any atom is -0.452 e. The molecule has 1 unspecified atom stereocenters. The molecule has 1 aromatic rings. The van der Waals surface area contributed by atoms with Crippen molar-refractivity contribution in [3.63, 3.8) is 0 Å². The number of likely N-dealkylation sites (tertiary alicyclic amines) is 1. The molecular weight excluding hydrogens is 366 g/mol. The number of rotatable bonds is 4. The van der Waals surface area contributed by atoms with Crippen molar-refractivity contribution in [3.8, 4) is 6.07 Å². The fourth-order valence-electron chi connectivity index (χ4n) is 2.82. The monoisotopic (exact) mass is 391 g/mol. The van der Waals surface area contributed by atoms with Gasteiger partial charge in [-0.15, -0.1) is 11.3 Å². The Hall–Kier alpha value is -2.40. The standard InChI is InChI=1S/C19H25N3O4S/c1-12(15(23)21-16-14(11-20)7-10-27-16)26-17(24)13-5-8-22(9-6-13)18(25)19(2,3)4/h7,10,12-13H,5-6,8-9H2,1-4H3,(H,21,23). The third-order valence-corrected chi connectivity index (χ3v) is 5.27. The number of anilines is 1. The van der Waals surface area contributed by atoms with E-state index >= 15 is 0 Å². The van der Waals surface area contributed by atoms with Gasteiger partial charge >= 0.3 is 5.97 Å². The van der Waals surface area contributed by atoms with E-state index < -0.39 is 23.4 Å². The Bertz CT molecular complexity index is 752. The number of hydrogen-bond acceptors (Lipinski definition) is 6. The van der Waals surface area contributed by atoms with Crippen molar-refractivity contribution in [3.05, 3.63) is 17.0 Å². The third-order valence-electron chi connectivity index (χ3n) is 4.44. The van der Waals surface area contributed by atoms with E-state index in [1.807, 2.05) is 26.8 Å². The largest absolute Gasteiger partial charge is 0.452 e. The molecule has 8 heteroatoms. The average Bonchev–Trinajstić information content (AvgIpc) is 3.07. The molecule has 146 valence electrons. The lowest BCUT2D eigenvalue weighted by atomic mass is 9.91. The maximum Gasteiger partial charge on any atom is 0.309 e. The summed E-state index contributed by atoms with van der Waals surface area (Å²) in [6, 6.07) is 3.61. The first-order valence-electron chi connectivity index (χ1n) is 8.91. The van der Waals surface area contributed by atoms with Gasteiger partial charge in [-0.05, 0) is 31.2 Å². The molecule has 1 atom stereocenters. The lowest BCUT2D eigenvalue weighted by Gasteiger charge is -2.35. The summed E-state index contributed by atoms with van der Waals surface area (Å²) in [4.78, 5) is 38.6. The van der Waals surface area contributed by atoms with Crippen LogP contribution in [0, 0.1) is 22.7 Å². The summed E-state index contributed by atoms with van der Waals surface area (Å²) < 4.78 is 5.30. The van der Waals surface area contributed by atoms with Crippen LogP contribution in [0.3, 0.4) is 0 Å². The Morgan fingerprint density at radius 2 is 1.96 bits per heavy atom. The first-order chi connectivity index (χ1) is 12.6. The lowest BCUT2D eigenvalue weighted by molar-refractivity contribution is -0.160. The molecule has 2 rings (SSSR count). The maximum absolute atomic E-state index is 12.4. The molecule has 0 saturated carbocycles. The topological polar surface area (TPSA) is 99.5 Å². The number of thiophene rings is 1. The minimum absolute atomic E-state index is 0.0753. The van der Waals surface area contributed by atoms with Crippen LogP contribution in [0.1, 0.15) is 46.1 Å². The predicted octanol–water partition coefficient (Wildman–Crippen LogP) is 2.77. The Morgan fingerprint density at radius 1 is 1.33 bits per heavy atom. The second-order valence-corrected chi connectivity index (χ2v) is 8.58. The molecule has 1 saturated heterocycles. The highest BCUT2D eigenvalue weighted by molar-refractivity contribution is 7.14. The van der Waals surface area contributed by atoms with Gasteiger partial charge in [0.05, 0.1) is 11.5 Å². The summed E-state index contributed by atoms with van der Waals surface area (Å²) in [5.74, 6) is -1.14. The van der Waals surface area contributed by atoms with Crippen LogP contribution in [0.4, 0.5) is 5.00 Å². The van der Waals surface area contributed by atoms with Crippen LogP contribution in [0.15, 0.2) is 11.4 Å². The number of carbonyl (C=O) groups is 3. The first-order valence-corrected chi connectivity index (χ1v) is 9.79. The number of piperidine rings is 1. The summed E-state index contributed by atoms with van der Waals surface area (Å²) in [5.41, 5.74) is -0.0629. The van der Waals surface area contributed by atoms with E-state index in [4.69, 9.17) is 10.00 Å². The lowest BCUT2D eigenvalue weighted by Crippen LogP contribution is -2.45. The van der Waals surface area contributed by atoms with Gasteiger partial charge in [0.1, 0.15) is 11.1 Å². The van der Waals surface area contributed by atoms with Gasteiger partial charge in [0, 0.05) is 18.5 Å². The number of nitrogens with zero attached hydrogens (tertiary/aromatic N) is 2. The normalized spacial score (nSPS) is 16.3. The fraction of sp³-hybridized carbons (Fsp3) is 0.579. The van der Waals surface area contributed by atoms with E-state index in [0.717, 1.165) is 0 Å². The number of carbonyl (C=O) groups excluding carboxylic acids is 3. The Labute approximate surface area is 163 Å². The number of ether oxygens (including phenoxy) is 1. The molecule has 1 N–H and O–H groups in total. The Kier molecular flexibility index (Phi) is 6.60. The summed E-state index contributed by atoms with van der Waals surface area (Å²) in [5, 5.41) is 13.7. The van der Waals surface area contributed by atoms with E-state index in [1.54, 1.807) is 16.3 Å². The van der Waals surface area contributed by atoms with Crippen LogP contribution >= 0.6 is 11.3 Å². The first kappa shape index (κ1) is 20.9. The second-order valence-electron chi connectivity index (χ2n) is 7.66. The van der Waals surface area contributed by atoms with Crippen molar-refractivity contribution in [2.45, 2.75) is 46.6 Å². The molecule has 2 heterocycles. The number of hydrogen-bond donors (Lipinski definition) is 1. The molecule has 0 radical (unpaired) electrons. The van der Waals surface area contributed by atoms with Crippen LogP contribution in [0.2, 0.25) is 0 Å². The van der Waals surface area contributed by atoms with Gasteiger partial charge in [-0.2, -0.15) is 5.26 Å². The summed E-state index contributed by atoms with van der Waals surface area (Å²) in [6.07, 6.45) is 0.0946. The molecule has 1 fully saturated rings. The van der Waals surface area contributed by atoms with Crippen LogP contribution in [-0.4, -0.2) is 41.9 Å². The molecule has 1 aromatic heterocycles. The highest BCUT2D eigenvalue weighted by atomic mass is 32.1. The third kappa shape index (κ3) is 5.30. The molecule has 1 aliphatic rings. The SMILES string of the molecule is CC(OC(=O)C1CCN(C(=O)C(C)(C)C)CC1)C(=O)Nc1sccc1C#N. The summed E-state index contributed by atoms with van der Waals surface area (Å²) in [6.45, 7) is 8.16. The molecule has 0 spiro atoms. The zero-order chi connectivity index (χ0) is 20.2. The van der Waals surface area contributed by atoms with E-state index in [9.17, 15) is 14.4 Å². The highest BCUT2D eigenvalue weighted by Crippen LogP contribution is 2.25. The van der Waals surface area contributed by atoms with Crippen LogP contribution in [0.5, 0.6) is 0 Å². The van der Waals surface area contributed by atoms with Gasteiger partial charge in [0.2, 0.25) is 5.91 Å². The quantitative estimate of drug-likeness (QED) is 0.796. The van der Waals surface area contributed by atoms with Gasteiger partial charge in [-0.25, -0.2) is 0 Å². The van der Waals surface area contributed by atoms with E-state index in [-0.39, 0.29) is 11.8 Å². The van der Waals surface area contributed by atoms with Crippen LogP contribution in [0.25, 0.3) is 0 Å². The number of amides is 2. The Morgan fingerprint density at radius 3 is 2.52 bits per heavy atom. The van der Waals surface area contributed by atoms with Crippen molar-refractivity contribution < 1.29 is 19.1 Å². The maximum atomic E-state index is 12.4. The van der Waals surface area contributed by atoms with Gasteiger partial charge in [0.15, 0.2) is 6.10 Å². The van der Waals surface area contributed by atoms with E-state index in [1.165, 1.54) is 18.3 Å². The molecule has 0 aromatic carbocycles. The minimum atomic E-state index is -0.958. The fourth-order valence-corrected chi connectivity index (χ4v) is 3.56. The molecule has 27 heavy (non-hydrogen) atoms. The average molecular weight is 391 g/mol. The smallest absolute Gasteiger partial charge is 0.309 e. The molecular formula is C19H25N3O4S. The molecule has 0 aliphatic carbocycles. The van der Waals surface area contributed by atoms with Gasteiger partial charge < -0.3 is 15.0 Å². The summed E-state index contributed by atoms with van der Waals surface area (Å²) in [7, 11) is 0. The van der Waals surface area contributed by atoms with Crippen molar-refractivity contribution in [2.75, 3.05) is 18.4 Å². The summed E-state index contributed by atoms with van der Waals surface area (Å²) >= 11 is 1.24. The van der Waals surface area contributed by atoms with Crippen molar-refractivity contribution in [1.29, 1.82) is 5.26 Å². The predicted molar refractivity (Wildman–Crippen MR) is 102 cm³/mol. The van der Waals surface area contributed by atoms with E-state index in [2.05, 4.69) is 5.32 Å². The second kappa shape index (κ2) is 8.53. The van der Waals surface area contributed by atoms with Gasteiger partial charge in [0.25, 0.3) is 5.91 Å². The Balaban J connectivity index is 1.84. The highest BCUT2D eigenvalue weighted by Gasteiger charge is 2.34. The zero-order valence-electron chi connectivity index (χ0n) is 16.1. The number of nitrogens with one attached hydrogen (secondary N) is 1. The molecule has 1 aliphatic heterocycles. The van der Waals surface area contributed by atoms with E-state index in [0.29, 0.717) is 36.5 Å². The molecule has 2 amide bonds. The van der Waals surface area contributed by atoms with Crippen LogP contribution < -0.4 is 5.32 Å². The van der Waals surface area contributed by atoms with Gasteiger partial charge in [-0.3, -0.25) is 14.4 Å². The van der Waals surface area contributed by atoms with Crippen molar-refractivity contribution >= 4 is 34.1 Å².